The Balaban J connectivity index is 1.53. The molecule has 0 spiro atoms. The molecule has 0 bridgehead atoms. The van der Waals surface area contributed by atoms with Crippen molar-refractivity contribution in [2.45, 2.75) is 39.8 Å². The van der Waals surface area contributed by atoms with Gasteiger partial charge in [-0.2, -0.15) is 5.10 Å². The van der Waals surface area contributed by atoms with Crippen LogP contribution in [0.1, 0.15) is 51.8 Å². The molecule has 5 nitrogen and oxygen atoms in total. The molecule has 2 aromatic heterocycles. The monoisotopic (exact) mass is 383 g/mol. The summed E-state index contributed by atoms with van der Waals surface area (Å²) in [6.07, 6.45) is 1.79. The van der Waals surface area contributed by atoms with E-state index in [1.165, 1.54) is 16.9 Å². The Kier molecular flexibility index (Phi) is 5.96. The van der Waals surface area contributed by atoms with Gasteiger partial charge in [0.15, 0.2) is 0 Å². The fourth-order valence-corrected chi connectivity index (χ4v) is 3.48. The van der Waals surface area contributed by atoms with Crippen LogP contribution < -0.4 is 10.1 Å². The zero-order valence-electron chi connectivity index (χ0n) is 16.2. The second-order valence-electron chi connectivity index (χ2n) is 6.89. The third kappa shape index (κ3) is 4.77. The molecule has 142 valence electrons. The lowest BCUT2D eigenvalue weighted by Crippen LogP contribution is -2.22. The quantitative estimate of drug-likeness (QED) is 0.657. The van der Waals surface area contributed by atoms with E-state index < -0.39 is 0 Å². The molecule has 0 saturated carbocycles. The summed E-state index contributed by atoms with van der Waals surface area (Å²) in [5.41, 5.74) is 4.37. The van der Waals surface area contributed by atoms with E-state index >= 15 is 0 Å². The summed E-state index contributed by atoms with van der Waals surface area (Å²) in [5.74, 6) is 1.27. The lowest BCUT2D eigenvalue weighted by molar-refractivity contribution is 0.0955. The van der Waals surface area contributed by atoms with Crippen LogP contribution in [-0.4, -0.2) is 15.7 Å². The molecule has 0 atom stereocenters. The van der Waals surface area contributed by atoms with Crippen LogP contribution in [0, 0.1) is 6.92 Å². The minimum atomic E-state index is -0.0733. The van der Waals surface area contributed by atoms with Gasteiger partial charge in [0.05, 0.1) is 11.1 Å². The average molecular weight is 384 g/mol. The zero-order valence-corrected chi connectivity index (χ0v) is 17.0. The van der Waals surface area contributed by atoms with Gasteiger partial charge in [-0.05, 0) is 42.0 Å². The highest BCUT2D eigenvalue weighted by Crippen LogP contribution is 2.21. The van der Waals surface area contributed by atoms with Crippen molar-refractivity contribution < 1.29 is 9.53 Å². The molecule has 27 heavy (non-hydrogen) atoms. The standard InChI is InChI=1S/C21H25N3O2S/c1-14(2)17-5-7-19(8-6-17)26-12-16-9-20(27-13-16)21(25)22-10-18-11-23-24(4)15(18)3/h5-9,11,13-14H,10,12H2,1-4H3,(H,22,25). The van der Waals surface area contributed by atoms with Crippen molar-refractivity contribution in [2.75, 3.05) is 0 Å². The maximum Gasteiger partial charge on any atom is 0.261 e. The van der Waals surface area contributed by atoms with Crippen molar-refractivity contribution in [3.8, 4) is 5.75 Å². The Labute approximate surface area is 164 Å². The van der Waals surface area contributed by atoms with Crippen LogP contribution in [0.3, 0.4) is 0 Å². The molecule has 3 aromatic rings. The summed E-state index contributed by atoms with van der Waals surface area (Å²) >= 11 is 1.43. The summed E-state index contributed by atoms with van der Waals surface area (Å²) in [6.45, 7) is 7.26. The number of rotatable bonds is 7. The molecule has 6 heteroatoms. The molecule has 0 unspecified atom stereocenters. The molecular weight excluding hydrogens is 358 g/mol. The van der Waals surface area contributed by atoms with E-state index in [2.05, 4.69) is 36.4 Å². The van der Waals surface area contributed by atoms with Gasteiger partial charge < -0.3 is 10.1 Å². The molecular formula is C21H25N3O2S. The first-order chi connectivity index (χ1) is 12.9. The summed E-state index contributed by atoms with van der Waals surface area (Å²) in [7, 11) is 1.89. The fraction of sp³-hybridized carbons (Fsp3) is 0.333. The van der Waals surface area contributed by atoms with Gasteiger partial charge in [0.1, 0.15) is 12.4 Å². The number of amides is 1. The second kappa shape index (κ2) is 8.39. The van der Waals surface area contributed by atoms with Gasteiger partial charge in [-0.1, -0.05) is 26.0 Å². The molecule has 1 aromatic carbocycles. The van der Waals surface area contributed by atoms with Gasteiger partial charge in [-0.15, -0.1) is 11.3 Å². The van der Waals surface area contributed by atoms with Gasteiger partial charge in [0.25, 0.3) is 5.91 Å². The Bertz CT molecular complexity index is 910. The fourth-order valence-electron chi connectivity index (χ4n) is 2.67. The Hall–Kier alpha value is -2.60. The van der Waals surface area contributed by atoms with E-state index in [4.69, 9.17) is 4.74 Å². The molecule has 1 N–H and O–H groups in total. The minimum absolute atomic E-state index is 0.0733. The van der Waals surface area contributed by atoms with Crippen LogP contribution in [0.4, 0.5) is 0 Å². The number of carbonyl (C=O) groups is 1. The number of hydrogen-bond donors (Lipinski definition) is 1. The number of nitrogens with zero attached hydrogens (tertiary/aromatic N) is 2. The van der Waals surface area contributed by atoms with Gasteiger partial charge in [-0.25, -0.2) is 0 Å². The van der Waals surface area contributed by atoms with Crippen LogP contribution in [0.25, 0.3) is 0 Å². The molecule has 1 amide bonds. The first-order valence-corrected chi connectivity index (χ1v) is 9.88. The van der Waals surface area contributed by atoms with Crippen LogP contribution >= 0.6 is 11.3 Å². The van der Waals surface area contributed by atoms with Crippen LogP contribution in [0.15, 0.2) is 41.9 Å². The third-order valence-corrected chi connectivity index (χ3v) is 5.58. The number of benzene rings is 1. The zero-order chi connectivity index (χ0) is 19.4. The average Bonchev–Trinajstić information content (AvgIpc) is 3.26. The van der Waals surface area contributed by atoms with E-state index in [1.807, 2.05) is 37.6 Å². The summed E-state index contributed by atoms with van der Waals surface area (Å²) in [6, 6.07) is 10.1. The lowest BCUT2D eigenvalue weighted by atomic mass is 10.0. The van der Waals surface area contributed by atoms with Crippen molar-refractivity contribution in [1.82, 2.24) is 15.1 Å². The van der Waals surface area contributed by atoms with Crippen molar-refractivity contribution in [2.24, 2.45) is 7.05 Å². The maximum atomic E-state index is 12.4. The molecule has 2 heterocycles. The van der Waals surface area contributed by atoms with E-state index in [9.17, 15) is 4.79 Å². The Morgan fingerprint density at radius 1 is 1.30 bits per heavy atom. The number of carbonyl (C=O) groups excluding carboxylic acids is 1. The third-order valence-electron chi connectivity index (χ3n) is 4.61. The molecule has 0 saturated heterocycles. The van der Waals surface area contributed by atoms with Crippen molar-refractivity contribution in [3.63, 3.8) is 0 Å². The van der Waals surface area contributed by atoms with Gasteiger partial charge in [0.2, 0.25) is 0 Å². The van der Waals surface area contributed by atoms with Crippen LogP contribution in [0.5, 0.6) is 5.75 Å². The minimum Gasteiger partial charge on any atom is -0.489 e. The molecule has 0 fully saturated rings. The topological polar surface area (TPSA) is 56.1 Å². The number of aromatic nitrogens is 2. The number of nitrogens with one attached hydrogen (secondary N) is 1. The van der Waals surface area contributed by atoms with Crippen molar-refractivity contribution in [3.05, 3.63) is 69.2 Å². The summed E-state index contributed by atoms with van der Waals surface area (Å²) < 4.78 is 7.63. The number of ether oxygens (including phenoxy) is 1. The van der Waals surface area contributed by atoms with Crippen molar-refractivity contribution in [1.29, 1.82) is 0 Å². The second-order valence-corrected chi connectivity index (χ2v) is 7.80. The van der Waals surface area contributed by atoms with Gasteiger partial charge in [0, 0.05) is 30.4 Å². The Morgan fingerprint density at radius 3 is 2.67 bits per heavy atom. The Morgan fingerprint density at radius 2 is 2.04 bits per heavy atom. The summed E-state index contributed by atoms with van der Waals surface area (Å²) in [4.78, 5) is 13.0. The highest BCUT2D eigenvalue weighted by Gasteiger charge is 2.11. The first kappa shape index (κ1) is 19.2. The number of thiophene rings is 1. The molecule has 0 radical (unpaired) electrons. The summed E-state index contributed by atoms with van der Waals surface area (Å²) in [5, 5.41) is 9.11. The SMILES string of the molecule is Cc1c(CNC(=O)c2cc(COc3ccc(C(C)C)cc3)cs2)cnn1C. The lowest BCUT2D eigenvalue weighted by Gasteiger charge is -2.08. The van der Waals surface area contributed by atoms with Crippen molar-refractivity contribution >= 4 is 17.2 Å². The predicted octanol–water partition coefficient (Wildman–Crippen LogP) is 4.42. The smallest absolute Gasteiger partial charge is 0.261 e. The van der Waals surface area contributed by atoms with E-state index in [0.29, 0.717) is 23.9 Å². The number of hydrogen-bond acceptors (Lipinski definition) is 4. The van der Waals surface area contributed by atoms with E-state index in [0.717, 1.165) is 22.6 Å². The predicted molar refractivity (Wildman–Crippen MR) is 108 cm³/mol. The van der Waals surface area contributed by atoms with Gasteiger partial charge >= 0.3 is 0 Å². The first-order valence-electron chi connectivity index (χ1n) is 9.00. The van der Waals surface area contributed by atoms with E-state index in [-0.39, 0.29) is 5.91 Å². The normalized spacial score (nSPS) is 11.0. The van der Waals surface area contributed by atoms with E-state index in [1.54, 1.807) is 10.9 Å². The molecule has 0 aliphatic heterocycles. The molecule has 3 rings (SSSR count). The van der Waals surface area contributed by atoms with Crippen LogP contribution in [-0.2, 0) is 20.2 Å². The van der Waals surface area contributed by atoms with Crippen LogP contribution in [0.2, 0.25) is 0 Å². The maximum absolute atomic E-state index is 12.4. The molecule has 0 aliphatic rings. The highest BCUT2D eigenvalue weighted by molar-refractivity contribution is 7.12. The van der Waals surface area contributed by atoms with Gasteiger partial charge in [-0.3, -0.25) is 9.48 Å². The highest BCUT2D eigenvalue weighted by atomic mass is 32.1. The number of aryl methyl sites for hydroxylation is 1. The largest absolute Gasteiger partial charge is 0.489 e. The molecule has 0 aliphatic carbocycles.